The molecule has 4 heteroatoms. The van der Waals surface area contributed by atoms with Gasteiger partial charge in [0.2, 0.25) is 5.91 Å². The van der Waals surface area contributed by atoms with Crippen LogP contribution in [0.3, 0.4) is 0 Å². The number of nitrogens with one attached hydrogen (secondary N) is 1. The second kappa shape index (κ2) is 10.9. The maximum absolute atomic E-state index is 11.6. The minimum absolute atomic E-state index is 0.157. The molecule has 0 bridgehead atoms. The Kier molecular flexibility index (Phi) is 10.8. The van der Waals surface area contributed by atoms with Crippen molar-refractivity contribution < 1.29 is 4.79 Å². The molecular weight excluding hydrogens is 232 g/mol. The third-order valence-corrected chi connectivity index (χ3v) is 3.60. The molecule has 17 heavy (non-hydrogen) atoms. The van der Waals surface area contributed by atoms with Crippen LogP contribution in [0.1, 0.15) is 46.5 Å². The largest absolute Gasteiger partial charge is 0.353 e. The summed E-state index contributed by atoms with van der Waals surface area (Å²) in [6, 6.07) is 0.302. The van der Waals surface area contributed by atoms with Crippen molar-refractivity contribution in [2.24, 2.45) is 11.7 Å². The third kappa shape index (κ3) is 12.0. The fourth-order valence-corrected chi connectivity index (χ4v) is 2.36. The quantitative estimate of drug-likeness (QED) is 0.593. The van der Waals surface area contributed by atoms with Crippen LogP contribution in [0.4, 0.5) is 0 Å². The number of nitrogens with two attached hydrogens (primary N) is 1. The van der Waals surface area contributed by atoms with Gasteiger partial charge in [0.1, 0.15) is 0 Å². The summed E-state index contributed by atoms with van der Waals surface area (Å²) in [7, 11) is 0. The molecule has 3 N–H and O–H groups in total. The van der Waals surface area contributed by atoms with E-state index in [1.807, 2.05) is 0 Å². The number of amides is 1. The van der Waals surface area contributed by atoms with Crippen molar-refractivity contribution >= 4 is 17.7 Å². The summed E-state index contributed by atoms with van der Waals surface area (Å²) < 4.78 is 0. The SMILES string of the molecule is CC(C)CCCC(C)NC(=O)CSCCCN. The Bertz CT molecular complexity index is 198. The van der Waals surface area contributed by atoms with Crippen molar-refractivity contribution in [2.45, 2.75) is 52.5 Å². The fourth-order valence-electron chi connectivity index (χ4n) is 1.57. The van der Waals surface area contributed by atoms with Gasteiger partial charge in [-0.1, -0.05) is 26.7 Å². The molecule has 102 valence electrons. The smallest absolute Gasteiger partial charge is 0.230 e. The van der Waals surface area contributed by atoms with Crippen LogP contribution in [-0.4, -0.2) is 30.0 Å². The first-order valence-corrected chi connectivity index (χ1v) is 7.79. The molecule has 0 aliphatic rings. The van der Waals surface area contributed by atoms with Crippen molar-refractivity contribution in [3.8, 4) is 0 Å². The molecule has 0 aromatic heterocycles. The lowest BCUT2D eigenvalue weighted by Crippen LogP contribution is -2.33. The van der Waals surface area contributed by atoms with Crippen LogP contribution in [0, 0.1) is 5.92 Å². The van der Waals surface area contributed by atoms with Gasteiger partial charge in [-0.3, -0.25) is 4.79 Å². The average molecular weight is 260 g/mol. The van der Waals surface area contributed by atoms with E-state index in [0.717, 1.165) is 24.5 Å². The zero-order valence-electron chi connectivity index (χ0n) is 11.5. The highest BCUT2D eigenvalue weighted by atomic mass is 32.2. The first kappa shape index (κ1) is 16.8. The van der Waals surface area contributed by atoms with Crippen molar-refractivity contribution in [3.05, 3.63) is 0 Å². The Labute approximate surface area is 110 Å². The molecular formula is C13H28N2OS. The Morgan fingerprint density at radius 3 is 2.53 bits per heavy atom. The molecule has 0 aliphatic heterocycles. The fraction of sp³-hybridized carbons (Fsp3) is 0.923. The maximum atomic E-state index is 11.6. The molecule has 0 heterocycles. The van der Waals surface area contributed by atoms with Crippen LogP contribution in [-0.2, 0) is 4.79 Å². The number of hydrogen-bond donors (Lipinski definition) is 2. The molecule has 0 radical (unpaired) electrons. The molecule has 0 rings (SSSR count). The number of carbonyl (C=O) groups is 1. The van der Waals surface area contributed by atoms with Gasteiger partial charge in [0.05, 0.1) is 5.75 Å². The molecule has 0 fully saturated rings. The van der Waals surface area contributed by atoms with Gasteiger partial charge >= 0.3 is 0 Å². The second-order valence-electron chi connectivity index (χ2n) is 4.99. The zero-order valence-corrected chi connectivity index (χ0v) is 12.3. The van der Waals surface area contributed by atoms with E-state index in [9.17, 15) is 4.79 Å². The molecule has 0 spiro atoms. The summed E-state index contributed by atoms with van der Waals surface area (Å²) in [6.07, 6.45) is 4.50. The molecule has 0 aromatic carbocycles. The minimum atomic E-state index is 0.157. The van der Waals surface area contributed by atoms with Crippen LogP contribution in [0.5, 0.6) is 0 Å². The van der Waals surface area contributed by atoms with Crippen molar-refractivity contribution in [1.29, 1.82) is 0 Å². The molecule has 1 unspecified atom stereocenters. The van der Waals surface area contributed by atoms with E-state index in [1.165, 1.54) is 12.8 Å². The average Bonchev–Trinajstić information content (AvgIpc) is 2.23. The lowest BCUT2D eigenvalue weighted by molar-refractivity contribution is -0.119. The maximum Gasteiger partial charge on any atom is 0.230 e. The predicted molar refractivity (Wildman–Crippen MR) is 77.3 cm³/mol. The number of thioether (sulfide) groups is 1. The highest BCUT2D eigenvalue weighted by Gasteiger charge is 2.07. The van der Waals surface area contributed by atoms with E-state index < -0.39 is 0 Å². The van der Waals surface area contributed by atoms with Crippen LogP contribution in [0.2, 0.25) is 0 Å². The van der Waals surface area contributed by atoms with Crippen molar-refractivity contribution in [1.82, 2.24) is 5.32 Å². The molecule has 0 saturated carbocycles. The minimum Gasteiger partial charge on any atom is -0.353 e. The molecule has 0 aliphatic carbocycles. The summed E-state index contributed by atoms with van der Waals surface area (Å²) in [5.41, 5.74) is 5.39. The van der Waals surface area contributed by atoms with E-state index in [4.69, 9.17) is 5.73 Å². The van der Waals surface area contributed by atoms with Gasteiger partial charge in [0, 0.05) is 6.04 Å². The first-order valence-electron chi connectivity index (χ1n) is 6.63. The van der Waals surface area contributed by atoms with E-state index in [1.54, 1.807) is 11.8 Å². The predicted octanol–water partition coefficient (Wildman–Crippen LogP) is 2.40. The van der Waals surface area contributed by atoms with Gasteiger partial charge in [-0.2, -0.15) is 11.8 Å². The Morgan fingerprint density at radius 1 is 1.24 bits per heavy atom. The molecule has 1 amide bonds. The summed E-state index contributed by atoms with van der Waals surface area (Å²) in [5.74, 6) is 2.45. The normalized spacial score (nSPS) is 12.8. The molecule has 1 atom stereocenters. The van der Waals surface area contributed by atoms with Crippen molar-refractivity contribution in [2.75, 3.05) is 18.1 Å². The highest BCUT2D eigenvalue weighted by molar-refractivity contribution is 7.99. The monoisotopic (exact) mass is 260 g/mol. The summed E-state index contributed by atoms with van der Waals surface area (Å²) in [5, 5.41) is 3.04. The molecule has 3 nitrogen and oxygen atoms in total. The first-order chi connectivity index (χ1) is 8.06. The Balaban J connectivity index is 3.45. The highest BCUT2D eigenvalue weighted by Crippen LogP contribution is 2.08. The van der Waals surface area contributed by atoms with Gasteiger partial charge in [-0.25, -0.2) is 0 Å². The number of carbonyl (C=O) groups excluding carboxylic acids is 1. The summed E-state index contributed by atoms with van der Waals surface area (Å²) in [4.78, 5) is 11.6. The Hall–Kier alpha value is -0.220. The van der Waals surface area contributed by atoms with Crippen LogP contribution < -0.4 is 11.1 Å². The topological polar surface area (TPSA) is 55.1 Å². The zero-order chi connectivity index (χ0) is 13.1. The van der Waals surface area contributed by atoms with Gasteiger partial charge in [-0.15, -0.1) is 0 Å². The molecule has 0 saturated heterocycles. The Morgan fingerprint density at radius 2 is 1.94 bits per heavy atom. The van der Waals surface area contributed by atoms with Crippen LogP contribution >= 0.6 is 11.8 Å². The summed E-state index contributed by atoms with van der Waals surface area (Å²) in [6.45, 7) is 7.26. The van der Waals surface area contributed by atoms with Crippen molar-refractivity contribution in [3.63, 3.8) is 0 Å². The lowest BCUT2D eigenvalue weighted by atomic mass is 10.0. The van der Waals surface area contributed by atoms with Gasteiger partial charge < -0.3 is 11.1 Å². The number of hydrogen-bond acceptors (Lipinski definition) is 3. The van der Waals surface area contributed by atoms with Gasteiger partial charge in [0.25, 0.3) is 0 Å². The standard InChI is InChI=1S/C13H28N2OS/c1-11(2)6-4-7-12(3)15-13(16)10-17-9-5-8-14/h11-12H,4-10,14H2,1-3H3,(H,15,16). The summed E-state index contributed by atoms with van der Waals surface area (Å²) >= 11 is 1.66. The van der Waals surface area contributed by atoms with Crippen LogP contribution in [0.25, 0.3) is 0 Å². The second-order valence-corrected chi connectivity index (χ2v) is 6.09. The molecule has 0 aromatic rings. The van der Waals surface area contributed by atoms with Gasteiger partial charge in [-0.05, 0) is 38.0 Å². The van der Waals surface area contributed by atoms with Gasteiger partial charge in [0.15, 0.2) is 0 Å². The van der Waals surface area contributed by atoms with E-state index >= 15 is 0 Å². The van der Waals surface area contributed by atoms with E-state index in [2.05, 4.69) is 26.1 Å². The van der Waals surface area contributed by atoms with Crippen LogP contribution in [0.15, 0.2) is 0 Å². The van der Waals surface area contributed by atoms with E-state index in [-0.39, 0.29) is 5.91 Å². The number of rotatable bonds is 10. The third-order valence-electron chi connectivity index (χ3n) is 2.55. The lowest BCUT2D eigenvalue weighted by Gasteiger charge is -2.14. The van der Waals surface area contributed by atoms with E-state index in [0.29, 0.717) is 18.3 Å².